The van der Waals surface area contributed by atoms with Crippen molar-refractivity contribution in [3.8, 4) is 11.5 Å². The van der Waals surface area contributed by atoms with E-state index in [0.29, 0.717) is 31.5 Å². The highest BCUT2D eigenvalue weighted by molar-refractivity contribution is 5.92. The van der Waals surface area contributed by atoms with Gasteiger partial charge in [-0.3, -0.25) is 4.79 Å². The van der Waals surface area contributed by atoms with Crippen molar-refractivity contribution < 1.29 is 14.3 Å². The van der Waals surface area contributed by atoms with E-state index in [1.807, 2.05) is 18.2 Å². The van der Waals surface area contributed by atoms with Gasteiger partial charge in [-0.05, 0) is 25.0 Å². The van der Waals surface area contributed by atoms with Gasteiger partial charge in [-0.15, -0.1) is 0 Å². The van der Waals surface area contributed by atoms with Crippen LogP contribution in [0.1, 0.15) is 38.5 Å². The van der Waals surface area contributed by atoms with Gasteiger partial charge in [0.15, 0.2) is 11.5 Å². The van der Waals surface area contributed by atoms with E-state index >= 15 is 0 Å². The number of fused-ring (bicyclic) bond motifs is 1. The van der Waals surface area contributed by atoms with E-state index in [0.717, 1.165) is 11.4 Å². The lowest BCUT2D eigenvalue weighted by Gasteiger charge is -2.19. The summed E-state index contributed by atoms with van der Waals surface area (Å²) in [6.45, 7) is 1.48. The second-order valence-electron chi connectivity index (χ2n) is 5.98. The lowest BCUT2D eigenvalue weighted by Crippen LogP contribution is -2.35. The third-order valence-electron chi connectivity index (χ3n) is 4.23. The van der Waals surface area contributed by atoms with E-state index in [2.05, 4.69) is 10.6 Å². The van der Waals surface area contributed by atoms with Crippen LogP contribution in [-0.2, 0) is 4.79 Å². The van der Waals surface area contributed by atoms with E-state index in [1.165, 1.54) is 38.5 Å². The number of carbonyl (C=O) groups excluding carboxylic acids is 1. The molecule has 5 nitrogen and oxygen atoms in total. The van der Waals surface area contributed by atoms with Gasteiger partial charge in [-0.25, -0.2) is 0 Å². The monoisotopic (exact) mass is 304 g/mol. The Labute approximate surface area is 131 Å². The van der Waals surface area contributed by atoms with Gasteiger partial charge in [-0.2, -0.15) is 0 Å². The van der Waals surface area contributed by atoms with Gasteiger partial charge >= 0.3 is 0 Å². The van der Waals surface area contributed by atoms with Crippen LogP contribution in [0.5, 0.6) is 11.5 Å². The van der Waals surface area contributed by atoms with E-state index in [-0.39, 0.29) is 5.91 Å². The number of carbonyl (C=O) groups is 1. The summed E-state index contributed by atoms with van der Waals surface area (Å²) in [7, 11) is 0. The molecule has 1 aromatic rings. The second-order valence-corrected chi connectivity index (χ2v) is 5.98. The molecule has 1 aromatic carbocycles. The Morgan fingerprint density at radius 1 is 1.05 bits per heavy atom. The van der Waals surface area contributed by atoms with Crippen LogP contribution in [0.15, 0.2) is 18.2 Å². The minimum absolute atomic E-state index is 0.0130. The number of hydrogen-bond donors (Lipinski definition) is 2. The molecule has 5 heteroatoms. The Hall–Kier alpha value is -1.75. The van der Waals surface area contributed by atoms with Crippen LogP contribution in [0.25, 0.3) is 0 Å². The van der Waals surface area contributed by atoms with Crippen molar-refractivity contribution in [2.24, 2.45) is 0 Å². The van der Waals surface area contributed by atoms with Gasteiger partial charge in [-0.1, -0.05) is 25.7 Å². The predicted octanol–water partition coefficient (Wildman–Crippen LogP) is 2.71. The summed E-state index contributed by atoms with van der Waals surface area (Å²) in [6.07, 6.45) is 7.53. The van der Waals surface area contributed by atoms with Crippen molar-refractivity contribution in [2.45, 2.75) is 44.6 Å². The molecule has 1 aliphatic carbocycles. The fraction of sp³-hybridized carbons (Fsp3) is 0.588. The molecule has 1 heterocycles. The zero-order valence-electron chi connectivity index (χ0n) is 12.9. The van der Waals surface area contributed by atoms with Crippen LogP contribution in [0.2, 0.25) is 0 Å². The first kappa shape index (κ1) is 15.2. The summed E-state index contributed by atoms with van der Waals surface area (Å²) in [5, 5.41) is 6.29. The number of benzene rings is 1. The maximum absolute atomic E-state index is 12.1. The van der Waals surface area contributed by atoms with Crippen LogP contribution >= 0.6 is 0 Å². The zero-order valence-corrected chi connectivity index (χ0v) is 12.9. The molecule has 0 aromatic heterocycles. The minimum Gasteiger partial charge on any atom is -0.486 e. The summed E-state index contributed by atoms with van der Waals surface area (Å²) in [5.41, 5.74) is 0.747. The van der Waals surface area contributed by atoms with Crippen LogP contribution in [0.3, 0.4) is 0 Å². The van der Waals surface area contributed by atoms with Crippen LogP contribution in [0.4, 0.5) is 5.69 Å². The molecule has 22 heavy (non-hydrogen) atoms. The average molecular weight is 304 g/mol. The fourth-order valence-corrected chi connectivity index (χ4v) is 3.05. The molecule has 1 saturated carbocycles. The molecule has 0 unspecified atom stereocenters. The number of amides is 1. The number of anilines is 1. The fourth-order valence-electron chi connectivity index (χ4n) is 3.05. The Bertz CT molecular complexity index is 511. The normalized spacial score (nSPS) is 18.5. The average Bonchev–Trinajstić information content (AvgIpc) is 2.81. The van der Waals surface area contributed by atoms with Crippen molar-refractivity contribution in [1.82, 2.24) is 5.32 Å². The first-order valence-corrected chi connectivity index (χ1v) is 8.24. The molecule has 1 fully saturated rings. The molecular formula is C17H24N2O3. The van der Waals surface area contributed by atoms with Crippen molar-refractivity contribution >= 4 is 11.6 Å². The van der Waals surface area contributed by atoms with Crippen molar-refractivity contribution in [1.29, 1.82) is 0 Å². The van der Waals surface area contributed by atoms with E-state index in [4.69, 9.17) is 9.47 Å². The molecule has 2 N–H and O–H groups in total. The highest BCUT2D eigenvalue weighted by Gasteiger charge is 2.15. The molecule has 1 aliphatic heterocycles. The predicted molar refractivity (Wildman–Crippen MR) is 85.6 cm³/mol. The first-order chi connectivity index (χ1) is 10.8. The van der Waals surface area contributed by atoms with Gasteiger partial charge in [0.1, 0.15) is 13.2 Å². The van der Waals surface area contributed by atoms with Gasteiger partial charge < -0.3 is 20.1 Å². The molecule has 0 atom stereocenters. The van der Waals surface area contributed by atoms with Crippen molar-refractivity contribution in [3.63, 3.8) is 0 Å². The summed E-state index contributed by atoms with van der Waals surface area (Å²) < 4.78 is 11.0. The standard InChI is InChI=1S/C17H24N2O3/c20-17(12-18-13-5-3-1-2-4-6-13)19-14-7-8-15-16(11-14)22-10-9-21-15/h7-8,11,13,18H,1-6,9-10,12H2,(H,19,20). The lowest BCUT2D eigenvalue weighted by molar-refractivity contribution is -0.115. The van der Waals surface area contributed by atoms with Crippen molar-refractivity contribution in [2.75, 3.05) is 25.1 Å². The van der Waals surface area contributed by atoms with Crippen LogP contribution in [-0.4, -0.2) is 31.7 Å². The maximum atomic E-state index is 12.1. The Morgan fingerprint density at radius 2 is 1.77 bits per heavy atom. The summed E-state index contributed by atoms with van der Waals surface area (Å²) in [4.78, 5) is 12.1. The van der Waals surface area contributed by atoms with Gasteiger partial charge in [0.25, 0.3) is 0 Å². The SMILES string of the molecule is O=C(CNC1CCCCCC1)Nc1ccc2c(c1)OCCO2. The molecule has 2 aliphatic rings. The van der Waals surface area contributed by atoms with E-state index in [1.54, 1.807) is 0 Å². The van der Waals surface area contributed by atoms with E-state index < -0.39 is 0 Å². The number of rotatable bonds is 4. The molecule has 120 valence electrons. The summed E-state index contributed by atoms with van der Waals surface area (Å²) in [6, 6.07) is 5.98. The molecule has 0 radical (unpaired) electrons. The molecule has 0 bridgehead atoms. The molecule has 0 saturated heterocycles. The maximum Gasteiger partial charge on any atom is 0.238 e. The van der Waals surface area contributed by atoms with Gasteiger partial charge in [0.2, 0.25) is 5.91 Å². The lowest BCUT2D eigenvalue weighted by atomic mass is 10.1. The van der Waals surface area contributed by atoms with E-state index in [9.17, 15) is 4.79 Å². The molecule has 1 amide bonds. The summed E-state index contributed by atoms with van der Waals surface area (Å²) >= 11 is 0. The molecular weight excluding hydrogens is 280 g/mol. The molecule has 0 spiro atoms. The Balaban J connectivity index is 1.48. The first-order valence-electron chi connectivity index (χ1n) is 8.24. The van der Waals surface area contributed by atoms with Crippen molar-refractivity contribution in [3.05, 3.63) is 18.2 Å². The van der Waals surface area contributed by atoms with Crippen LogP contribution < -0.4 is 20.1 Å². The third-order valence-corrected chi connectivity index (χ3v) is 4.23. The minimum atomic E-state index is -0.0130. The Morgan fingerprint density at radius 3 is 2.55 bits per heavy atom. The molecule has 3 rings (SSSR count). The third kappa shape index (κ3) is 4.13. The van der Waals surface area contributed by atoms with Crippen LogP contribution in [0, 0.1) is 0 Å². The smallest absolute Gasteiger partial charge is 0.238 e. The number of nitrogens with one attached hydrogen (secondary N) is 2. The number of hydrogen-bond acceptors (Lipinski definition) is 4. The van der Waals surface area contributed by atoms with Gasteiger partial charge in [0, 0.05) is 17.8 Å². The highest BCUT2D eigenvalue weighted by atomic mass is 16.6. The Kier molecular flexibility index (Phi) is 5.16. The zero-order chi connectivity index (χ0) is 15.2. The highest BCUT2D eigenvalue weighted by Crippen LogP contribution is 2.32. The summed E-state index contributed by atoms with van der Waals surface area (Å²) in [5.74, 6) is 1.42. The quantitative estimate of drug-likeness (QED) is 0.840. The number of ether oxygens (including phenoxy) is 2. The van der Waals surface area contributed by atoms with Gasteiger partial charge in [0.05, 0.1) is 6.54 Å². The topological polar surface area (TPSA) is 59.6 Å². The largest absolute Gasteiger partial charge is 0.486 e. The second kappa shape index (κ2) is 7.49.